The number of carbonyl (C=O) groups is 1. The number of rotatable bonds is 2. The summed E-state index contributed by atoms with van der Waals surface area (Å²) < 4.78 is 0. The molecule has 0 radical (unpaired) electrons. The highest BCUT2D eigenvalue weighted by Crippen LogP contribution is 2.23. The SMILES string of the molecule is CC(C)CC1CCCN(O)C1=O. The lowest BCUT2D eigenvalue weighted by molar-refractivity contribution is -0.176. The molecule has 1 saturated heterocycles. The Labute approximate surface area is 73.3 Å². The molecule has 1 aliphatic rings. The summed E-state index contributed by atoms with van der Waals surface area (Å²) >= 11 is 0. The van der Waals surface area contributed by atoms with Crippen LogP contribution in [0.15, 0.2) is 0 Å². The van der Waals surface area contributed by atoms with Crippen molar-refractivity contribution in [3.63, 3.8) is 0 Å². The average molecular weight is 171 g/mol. The summed E-state index contributed by atoms with van der Waals surface area (Å²) in [7, 11) is 0. The highest BCUT2D eigenvalue weighted by Gasteiger charge is 2.27. The van der Waals surface area contributed by atoms with Gasteiger partial charge in [0.15, 0.2) is 0 Å². The summed E-state index contributed by atoms with van der Waals surface area (Å²) in [5, 5.41) is 10.0. The van der Waals surface area contributed by atoms with Crippen molar-refractivity contribution >= 4 is 5.91 Å². The molecule has 1 aliphatic heterocycles. The second-order valence-electron chi connectivity index (χ2n) is 3.93. The summed E-state index contributed by atoms with van der Waals surface area (Å²) in [6.45, 7) is 4.71. The number of amides is 1. The minimum atomic E-state index is -0.0880. The Morgan fingerprint density at radius 2 is 2.33 bits per heavy atom. The van der Waals surface area contributed by atoms with Gasteiger partial charge in [-0.1, -0.05) is 13.8 Å². The first-order valence-corrected chi connectivity index (χ1v) is 4.61. The van der Waals surface area contributed by atoms with E-state index in [1.807, 2.05) is 0 Å². The minimum Gasteiger partial charge on any atom is -0.286 e. The van der Waals surface area contributed by atoms with Gasteiger partial charge in [0.25, 0.3) is 0 Å². The molecule has 3 heteroatoms. The quantitative estimate of drug-likeness (QED) is 0.642. The molecular formula is C9H17NO2. The van der Waals surface area contributed by atoms with Crippen molar-refractivity contribution in [3.05, 3.63) is 0 Å². The highest BCUT2D eigenvalue weighted by atomic mass is 16.5. The Balaban J connectivity index is 2.46. The molecule has 70 valence electrons. The normalized spacial score (nSPS) is 25.2. The molecule has 12 heavy (non-hydrogen) atoms. The van der Waals surface area contributed by atoms with E-state index < -0.39 is 0 Å². The Kier molecular flexibility index (Phi) is 3.09. The summed E-state index contributed by atoms with van der Waals surface area (Å²) in [5.41, 5.74) is 0. The van der Waals surface area contributed by atoms with Crippen molar-refractivity contribution in [2.75, 3.05) is 6.54 Å². The predicted molar refractivity (Wildman–Crippen MR) is 45.7 cm³/mol. The zero-order chi connectivity index (χ0) is 9.14. The van der Waals surface area contributed by atoms with Gasteiger partial charge in [-0.05, 0) is 25.2 Å². The summed E-state index contributed by atoms with van der Waals surface area (Å²) in [6.07, 6.45) is 2.77. The maximum atomic E-state index is 11.3. The van der Waals surface area contributed by atoms with Gasteiger partial charge in [-0.3, -0.25) is 10.0 Å². The molecule has 1 amide bonds. The smallest absolute Gasteiger partial charge is 0.249 e. The predicted octanol–water partition coefficient (Wildman–Crippen LogP) is 1.66. The molecule has 1 atom stereocenters. The van der Waals surface area contributed by atoms with Crippen LogP contribution in [0.5, 0.6) is 0 Å². The van der Waals surface area contributed by atoms with Crippen molar-refractivity contribution in [1.29, 1.82) is 0 Å². The van der Waals surface area contributed by atoms with Crippen LogP contribution < -0.4 is 0 Å². The van der Waals surface area contributed by atoms with Crippen molar-refractivity contribution in [1.82, 2.24) is 5.06 Å². The van der Waals surface area contributed by atoms with Gasteiger partial charge in [-0.25, -0.2) is 5.06 Å². The van der Waals surface area contributed by atoms with Crippen molar-refractivity contribution in [3.8, 4) is 0 Å². The zero-order valence-electron chi connectivity index (χ0n) is 7.79. The monoisotopic (exact) mass is 171 g/mol. The van der Waals surface area contributed by atoms with Crippen LogP contribution in [0.25, 0.3) is 0 Å². The number of nitrogens with zero attached hydrogens (tertiary/aromatic N) is 1. The summed E-state index contributed by atoms with van der Waals surface area (Å²) in [5.74, 6) is 0.504. The molecule has 0 bridgehead atoms. The molecule has 3 nitrogen and oxygen atoms in total. The van der Waals surface area contributed by atoms with E-state index in [1.54, 1.807) is 0 Å². The molecule has 0 aromatic heterocycles. The molecular weight excluding hydrogens is 154 g/mol. The van der Waals surface area contributed by atoms with Crippen LogP contribution in [-0.2, 0) is 4.79 Å². The number of carbonyl (C=O) groups excluding carboxylic acids is 1. The second kappa shape index (κ2) is 3.90. The molecule has 0 spiro atoms. The van der Waals surface area contributed by atoms with E-state index in [2.05, 4.69) is 13.8 Å². The van der Waals surface area contributed by atoms with Crippen molar-refractivity contribution in [2.24, 2.45) is 11.8 Å². The van der Waals surface area contributed by atoms with Gasteiger partial charge < -0.3 is 0 Å². The van der Waals surface area contributed by atoms with Gasteiger partial charge in [-0.2, -0.15) is 0 Å². The van der Waals surface area contributed by atoms with E-state index in [9.17, 15) is 4.79 Å². The molecule has 0 aliphatic carbocycles. The van der Waals surface area contributed by atoms with Crippen LogP contribution in [0.4, 0.5) is 0 Å². The van der Waals surface area contributed by atoms with Gasteiger partial charge in [0.1, 0.15) is 0 Å². The van der Waals surface area contributed by atoms with Crippen LogP contribution in [0.3, 0.4) is 0 Å². The second-order valence-corrected chi connectivity index (χ2v) is 3.93. The molecule has 1 rings (SSSR count). The Hall–Kier alpha value is -0.570. The fourth-order valence-corrected chi connectivity index (χ4v) is 1.72. The van der Waals surface area contributed by atoms with Gasteiger partial charge in [-0.15, -0.1) is 0 Å². The lowest BCUT2D eigenvalue weighted by atomic mass is 9.90. The number of hydroxylamine groups is 2. The first kappa shape index (κ1) is 9.52. The maximum absolute atomic E-state index is 11.3. The topological polar surface area (TPSA) is 40.5 Å². The molecule has 0 aromatic carbocycles. The standard InChI is InChI=1S/C9H17NO2/c1-7(2)6-8-4-3-5-10(12)9(8)11/h7-8,12H,3-6H2,1-2H3. The molecule has 1 fully saturated rings. The van der Waals surface area contributed by atoms with Crippen molar-refractivity contribution in [2.45, 2.75) is 33.1 Å². The van der Waals surface area contributed by atoms with Gasteiger partial charge in [0.05, 0.1) is 0 Å². The number of hydrogen-bond acceptors (Lipinski definition) is 2. The highest BCUT2D eigenvalue weighted by molar-refractivity contribution is 5.78. The first-order valence-electron chi connectivity index (χ1n) is 4.61. The lowest BCUT2D eigenvalue weighted by Gasteiger charge is -2.28. The molecule has 0 saturated carbocycles. The van der Waals surface area contributed by atoms with E-state index >= 15 is 0 Å². The van der Waals surface area contributed by atoms with E-state index in [0.717, 1.165) is 24.3 Å². The van der Waals surface area contributed by atoms with E-state index in [0.29, 0.717) is 12.5 Å². The maximum Gasteiger partial charge on any atom is 0.249 e. The van der Waals surface area contributed by atoms with Crippen LogP contribution in [0, 0.1) is 11.8 Å². The van der Waals surface area contributed by atoms with Gasteiger partial charge >= 0.3 is 0 Å². The molecule has 1 unspecified atom stereocenters. The van der Waals surface area contributed by atoms with Crippen LogP contribution in [0.2, 0.25) is 0 Å². The number of piperidine rings is 1. The van der Waals surface area contributed by atoms with Crippen LogP contribution in [0.1, 0.15) is 33.1 Å². The fourth-order valence-electron chi connectivity index (χ4n) is 1.72. The van der Waals surface area contributed by atoms with Crippen LogP contribution >= 0.6 is 0 Å². The Morgan fingerprint density at radius 3 is 2.92 bits per heavy atom. The zero-order valence-corrected chi connectivity index (χ0v) is 7.79. The van der Waals surface area contributed by atoms with E-state index in [4.69, 9.17) is 5.21 Å². The third-order valence-corrected chi connectivity index (χ3v) is 2.28. The lowest BCUT2D eigenvalue weighted by Crippen LogP contribution is -2.39. The summed E-state index contributed by atoms with van der Waals surface area (Å²) in [6, 6.07) is 0. The number of hydrogen-bond donors (Lipinski definition) is 1. The Morgan fingerprint density at radius 1 is 1.67 bits per heavy atom. The van der Waals surface area contributed by atoms with Gasteiger partial charge in [0, 0.05) is 12.5 Å². The molecule has 0 aromatic rings. The largest absolute Gasteiger partial charge is 0.286 e. The average Bonchev–Trinajstić information content (AvgIpc) is 1.98. The molecule has 1 N–H and O–H groups in total. The third kappa shape index (κ3) is 2.21. The third-order valence-electron chi connectivity index (χ3n) is 2.28. The first-order chi connectivity index (χ1) is 5.61. The van der Waals surface area contributed by atoms with E-state index in [-0.39, 0.29) is 11.8 Å². The minimum absolute atomic E-state index is 0.0590. The van der Waals surface area contributed by atoms with Crippen molar-refractivity contribution < 1.29 is 10.0 Å². The Bertz CT molecular complexity index is 168. The van der Waals surface area contributed by atoms with E-state index in [1.165, 1.54) is 0 Å². The molecule has 1 heterocycles. The fraction of sp³-hybridized carbons (Fsp3) is 0.889. The summed E-state index contributed by atoms with van der Waals surface area (Å²) in [4.78, 5) is 11.3. The van der Waals surface area contributed by atoms with Gasteiger partial charge in [0.2, 0.25) is 5.91 Å². The van der Waals surface area contributed by atoms with Crippen LogP contribution in [-0.4, -0.2) is 22.7 Å².